The number of halogens is 1. The summed E-state index contributed by atoms with van der Waals surface area (Å²) in [6, 6.07) is 0. The molecule has 1 atom stereocenters. The fourth-order valence-corrected chi connectivity index (χ4v) is 1.86. The number of alkyl halides is 1. The van der Waals surface area contributed by atoms with Gasteiger partial charge in [-0.05, 0) is 31.7 Å². The largest absolute Gasteiger partial charge is 0.310 e. The van der Waals surface area contributed by atoms with Crippen molar-refractivity contribution in [2.45, 2.75) is 45.1 Å². The Balaban J connectivity index is 2.20. The van der Waals surface area contributed by atoms with Gasteiger partial charge in [-0.15, -0.1) is 11.6 Å². The van der Waals surface area contributed by atoms with Gasteiger partial charge < -0.3 is 5.32 Å². The maximum atomic E-state index is 5.92. The van der Waals surface area contributed by atoms with Gasteiger partial charge in [0.2, 0.25) is 0 Å². The molecule has 0 radical (unpaired) electrons. The molecule has 0 amide bonds. The van der Waals surface area contributed by atoms with Crippen molar-refractivity contribution in [2.24, 2.45) is 5.92 Å². The lowest BCUT2D eigenvalue weighted by molar-refractivity contribution is 0.203. The highest BCUT2D eigenvalue weighted by Crippen LogP contribution is 2.32. The second-order valence-electron chi connectivity index (χ2n) is 4.16. The van der Waals surface area contributed by atoms with Crippen molar-refractivity contribution in [2.75, 3.05) is 12.4 Å². The second kappa shape index (κ2) is 4.48. The zero-order valence-corrected chi connectivity index (χ0v) is 8.95. The first kappa shape index (κ1) is 10.3. The van der Waals surface area contributed by atoms with Gasteiger partial charge in [0.15, 0.2) is 0 Å². The van der Waals surface area contributed by atoms with Crippen LogP contribution in [-0.4, -0.2) is 18.0 Å². The van der Waals surface area contributed by atoms with Gasteiger partial charge in [-0.1, -0.05) is 20.3 Å². The monoisotopic (exact) mass is 189 g/mol. The molecule has 0 spiro atoms. The van der Waals surface area contributed by atoms with E-state index in [1.165, 1.54) is 25.7 Å². The van der Waals surface area contributed by atoms with E-state index in [2.05, 4.69) is 19.2 Å². The molecule has 2 heteroatoms. The number of hydrogen-bond donors (Lipinski definition) is 1. The first-order valence-electron chi connectivity index (χ1n) is 5.03. The second-order valence-corrected chi connectivity index (χ2v) is 4.43. The first-order chi connectivity index (χ1) is 5.72. The Morgan fingerprint density at radius 2 is 2.17 bits per heavy atom. The van der Waals surface area contributed by atoms with Crippen LogP contribution in [0.1, 0.15) is 39.5 Å². The number of nitrogens with one attached hydrogen (secondary N) is 1. The first-order valence-corrected chi connectivity index (χ1v) is 5.57. The van der Waals surface area contributed by atoms with Gasteiger partial charge in [-0.3, -0.25) is 0 Å². The van der Waals surface area contributed by atoms with E-state index in [1.807, 2.05) is 0 Å². The number of hydrogen-bond acceptors (Lipinski definition) is 1. The SMILES string of the molecule is CCC(C)CNC1(CCl)CCC1. The number of rotatable bonds is 5. The summed E-state index contributed by atoms with van der Waals surface area (Å²) in [7, 11) is 0. The van der Waals surface area contributed by atoms with Crippen LogP contribution < -0.4 is 5.32 Å². The molecule has 1 nitrogen and oxygen atoms in total. The minimum absolute atomic E-state index is 0.311. The molecule has 72 valence electrons. The Morgan fingerprint density at radius 3 is 2.50 bits per heavy atom. The van der Waals surface area contributed by atoms with Gasteiger partial charge in [0, 0.05) is 11.4 Å². The van der Waals surface area contributed by atoms with Crippen molar-refractivity contribution < 1.29 is 0 Å². The molecule has 0 bridgehead atoms. The molecule has 1 N–H and O–H groups in total. The minimum atomic E-state index is 0.311. The maximum Gasteiger partial charge on any atom is 0.0406 e. The summed E-state index contributed by atoms with van der Waals surface area (Å²) in [5.74, 6) is 1.56. The van der Waals surface area contributed by atoms with Gasteiger partial charge in [0.05, 0.1) is 0 Å². The zero-order chi connectivity index (χ0) is 9.03. The lowest BCUT2D eigenvalue weighted by Gasteiger charge is -2.42. The molecule has 0 aromatic heterocycles. The highest BCUT2D eigenvalue weighted by atomic mass is 35.5. The molecular formula is C10H20ClN. The lowest BCUT2D eigenvalue weighted by Crippen LogP contribution is -2.53. The van der Waals surface area contributed by atoms with Crippen molar-refractivity contribution in [3.63, 3.8) is 0 Å². The third-order valence-electron chi connectivity index (χ3n) is 3.09. The van der Waals surface area contributed by atoms with Crippen LogP contribution in [0, 0.1) is 5.92 Å². The quantitative estimate of drug-likeness (QED) is 0.656. The third-order valence-corrected chi connectivity index (χ3v) is 3.60. The van der Waals surface area contributed by atoms with E-state index in [4.69, 9.17) is 11.6 Å². The van der Waals surface area contributed by atoms with E-state index in [0.29, 0.717) is 5.54 Å². The Morgan fingerprint density at radius 1 is 1.50 bits per heavy atom. The molecule has 0 heterocycles. The molecule has 1 saturated carbocycles. The van der Waals surface area contributed by atoms with Crippen LogP contribution in [0.15, 0.2) is 0 Å². The normalized spacial score (nSPS) is 23.2. The standard InChI is InChI=1S/C10H20ClN/c1-3-9(2)7-12-10(8-11)5-4-6-10/h9,12H,3-8H2,1-2H3. The van der Waals surface area contributed by atoms with E-state index < -0.39 is 0 Å². The van der Waals surface area contributed by atoms with Gasteiger partial charge >= 0.3 is 0 Å². The smallest absolute Gasteiger partial charge is 0.0406 e. The molecule has 1 fully saturated rings. The van der Waals surface area contributed by atoms with Gasteiger partial charge in [-0.2, -0.15) is 0 Å². The Labute approximate surface area is 80.9 Å². The highest BCUT2D eigenvalue weighted by Gasteiger charge is 2.35. The van der Waals surface area contributed by atoms with E-state index in [9.17, 15) is 0 Å². The van der Waals surface area contributed by atoms with Crippen LogP contribution in [0.25, 0.3) is 0 Å². The summed E-state index contributed by atoms with van der Waals surface area (Å²) in [6.45, 7) is 5.65. The summed E-state index contributed by atoms with van der Waals surface area (Å²) in [6.07, 6.45) is 5.14. The molecule has 0 aromatic carbocycles. The van der Waals surface area contributed by atoms with Crippen LogP contribution in [0.4, 0.5) is 0 Å². The van der Waals surface area contributed by atoms with E-state index in [1.54, 1.807) is 0 Å². The Hall–Kier alpha value is 0.250. The lowest BCUT2D eigenvalue weighted by atomic mass is 9.78. The summed E-state index contributed by atoms with van der Waals surface area (Å²) in [5, 5.41) is 3.60. The fraction of sp³-hybridized carbons (Fsp3) is 1.00. The molecule has 1 unspecified atom stereocenters. The maximum absolute atomic E-state index is 5.92. The average molecular weight is 190 g/mol. The summed E-state index contributed by atoms with van der Waals surface area (Å²) >= 11 is 5.92. The third kappa shape index (κ3) is 2.37. The van der Waals surface area contributed by atoms with Gasteiger partial charge in [0.25, 0.3) is 0 Å². The van der Waals surface area contributed by atoms with Gasteiger partial charge in [-0.25, -0.2) is 0 Å². The summed E-state index contributed by atoms with van der Waals surface area (Å²) in [5.41, 5.74) is 0.311. The molecular weight excluding hydrogens is 170 g/mol. The van der Waals surface area contributed by atoms with Crippen molar-refractivity contribution in [3.8, 4) is 0 Å². The average Bonchev–Trinajstić information content (AvgIpc) is 2.03. The molecule has 1 aliphatic carbocycles. The highest BCUT2D eigenvalue weighted by molar-refractivity contribution is 6.18. The van der Waals surface area contributed by atoms with Gasteiger partial charge in [0.1, 0.15) is 0 Å². The minimum Gasteiger partial charge on any atom is -0.310 e. The topological polar surface area (TPSA) is 12.0 Å². The molecule has 1 aliphatic rings. The van der Waals surface area contributed by atoms with Crippen LogP contribution in [0.2, 0.25) is 0 Å². The molecule has 0 saturated heterocycles. The van der Waals surface area contributed by atoms with E-state index in [-0.39, 0.29) is 0 Å². The van der Waals surface area contributed by atoms with Crippen molar-refractivity contribution in [1.29, 1.82) is 0 Å². The van der Waals surface area contributed by atoms with Crippen molar-refractivity contribution in [3.05, 3.63) is 0 Å². The summed E-state index contributed by atoms with van der Waals surface area (Å²) < 4.78 is 0. The van der Waals surface area contributed by atoms with Crippen molar-refractivity contribution >= 4 is 11.6 Å². The van der Waals surface area contributed by atoms with Crippen LogP contribution in [0.3, 0.4) is 0 Å². The van der Waals surface area contributed by atoms with Crippen LogP contribution in [0.5, 0.6) is 0 Å². The molecule has 1 rings (SSSR count). The predicted molar refractivity (Wildman–Crippen MR) is 54.8 cm³/mol. The fourth-order valence-electron chi connectivity index (χ4n) is 1.50. The summed E-state index contributed by atoms with van der Waals surface area (Å²) in [4.78, 5) is 0. The van der Waals surface area contributed by atoms with E-state index in [0.717, 1.165) is 18.3 Å². The molecule has 0 aliphatic heterocycles. The van der Waals surface area contributed by atoms with Crippen LogP contribution >= 0.6 is 11.6 Å². The Bertz CT molecular complexity index is 126. The predicted octanol–water partition coefficient (Wildman–Crippen LogP) is 2.78. The van der Waals surface area contributed by atoms with Crippen LogP contribution in [-0.2, 0) is 0 Å². The van der Waals surface area contributed by atoms with E-state index >= 15 is 0 Å². The molecule has 12 heavy (non-hydrogen) atoms. The Kier molecular flexibility index (Phi) is 3.85. The molecule has 0 aromatic rings. The zero-order valence-electron chi connectivity index (χ0n) is 8.20. The van der Waals surface area contributed by atoms with Crippen molar-refractivity contribution in [1.82, 2.24) is 5.32 Å².